The number of benzene rings is 2. The molecule has 0 aromatic heterocycles. The maximum absolute atomic E-state index is 14.5. The molecule has 3 unspecified atom stereocenters. The van der Waals surface area contributed by atoms with Crippen LogP contribution in [0.25, 0.3) is 0 Å². The van der Waals surface area contributed by atoms with Crippen LogP contribution >= 0.6 is 0 Å². The molecule has 0 spiro atoms. The van der Waals surface area contributed by atoms with Crippen molar-refractivity contribution >= 4 is 11.6 Å². The number of carbonyl (C=O) groups is 1. The first-order chi connectivity index (χ1) is 16.9. The standard InChI is InChI=1S/C24H21F9N2O2/c1-12(36)34-19-5-2-13-8-17(3-4-18(13)19)35-7-6-21(20(35)37,24(31,32)33)14-9-15(22(25,26)27)11-16(10-14)23(28,29)30/h3-4,8-11,19-20,37H,2,5-7H2,1H3,(H,34,36). The van der Waals surface area contributed by atoms with Gasteiger partial charge in [0.05, 0.1) is 17.2 Å². The van der Waals surface area contributed by atoms with E-state index in [1.807, 2.05) is 0 Å². The molecule has 37 heavy (non-hydrogen) atoms. The van der Waals surface area contributed by atoms with Crippen molar-refractivity contribution in [2.24, 2.45) is 0 Å². The van der Waals surface area contributed by atoms with Gasteiger partial charge in [-0.2, -0.15) is 39.5 Å². The Bertz CT molecular complexity index is 1170. The van der Waals surface area contributed by atoms with Crippen LogP contribution in [0.5, 0.6) is 0 Å². The van der Waals surface area contributed by atoms with Gasteiger partial charge in [0, 0.05) is 19.2 Å². The molecule has 1 saturated heterocycles. The molecule has 3 atom stereocenters. The van der Waals surface area contributed by atoms with Gasteiger partial charge in [0.25, 0.3) is 0 Å². The number of hydrogen-bond donors (Lipinski definition) is 2. The van der Waals surface area contributed by atoms with Crippen LogP contribution < -0.4 is 10.2 Å². The third kappa shape index (κ3) is 4.73. The minimum atomic E-state index is -5.39. The molecule has 1 fully saturated rings. The summed E-state index contributed by atoms with van der Waals surface area (Å²) >= 11 is 0. The molecule has 13 heteroatoms. The Balaban J connectivity index is 1.79. The molecule has 2 N–H and O–H groups in total. The van der Waals surface area contributed by atoms with Crippen LogP contribution in [0, 0.1) is 0 Å². The summed E-state index contributed by atoms with van der Waals surface area (Å²) < 4.78 is 124. The fourth-order valence-electron chi connectivity index (χ4n) is 5.22. The van der Waals surface area contributed by atoms with E-state index in [4.69, 9.17) is 0 Å². The second kappa shape index (κ2) is 8.81. The Kier molecular flexibility index (Phi) is 6.45. The van der Waals surface area contributed by atoms with Gasteiger partial charge in [-0.15, -0.1) is 0 Å². The number of alkyl halides is 9. The van der Waals surface area contributed by atoms with Gasteiger partial charge in [0.2, 0.25) is 5.91 Å². The van der Waals surface area contributed by atoms with Crippen LogP contribution in [0.4, 0.5) is 45.2 Å². The highest BCUT2D eigenvalue weighted by Crippen LogP contribution is 2.53. The quantitative estimate of drug-likeness (QED) is 0.479. The van der Waals surface area contributed by atoms with Crippen LogP contribution in [-0.4, -0.2) is 30.0 Å². The predicted molar refractivity (Wildman–Crippen MR) is 113 cm³/mol. The molecule has 1 heterocycles. The summed E-state index contributed by atoms with van der Waals surface area (Å²) in [6.07, 6.45) is -18.5. The Hall–Kier alpha value is -2.96. The fourth-order valence-corrected chi connectivity index (χ4v) is 5.22. The number of anilines is 1. The third-order valence-corrected chi connectivity index (χ3v) is 7.01. The lowest BCUT2D eigenvalue weighted by atomic mass is 9.76. The molecule has 0 radical (unpaired) electrons. The normalized spacial score (nSPS) is 24.4. The van der Waals surface area contributed by atoms with Crippen molar-refractivity contribution < 1.29 is 49.4 Å². The zero-order valence-corrected chi connectivity index (χ0v) is 19.2. The Morgan fingerprint density at radius 2 is 1.57 bits per heavy atom. The number of halogens is 9. The van der Waals surface area contributed by atoms with Crippen LogP contribution in [0.1, 0.15) is 53.6 Å². The molecule has 2 aromatic rings. The summed E-state index contributed by atoms with van der Waals surface area (Å²) in [6, 6.07) is 3.99. The highest BCUT2D eigenvalue weighted by atomic mass is 19.4. The Morgan fingerprint density at radius 3 is 2.08 bits per heavy atom. The van der Waals surface area contributed by atoms with Gasteiger partial charge in [-0.1, -0.05) is 6.07 Å². The molecule has 0 saturated carbocycles. The molecule has 0 bridgehead atoms. The summed E-state index contributed by atoms with van der Waals surface area (Å²) in [6.45, 7) is 0.855. The number of amides is 1. The highest BCUT2D eigenvalue weighted by molar-refractivity contribution is 5.73. The number of aliphatic hydroxyl groups is 1. The SMILES string of the molecule is CC(=O)NC1CCc2cc(N3CCC(c4cc(C(F)(F)F)cc(C(F)(F)F)c4)(C(F)(F)F)C3O)ccc21. The topological polar surface area (TPSA) is 52.6 Å². The van der Waals surface area contributed by atoms with Gasteiger partial charge in [0.1, 0.15) is 11.6 Å². The van der Waals surface area contributed by atoms with E-state index in [9.17, 15) is 49.4 Å². The van der Waals surface area contributed by atoms with Crippen molar-refractivity contribution in [3.05, 3.63) is 64.2 Å². The summed E-state index contributed by atoms with van der Waals surface area (Å²) in [5.41, 5.74) is -6.95. The molecule has 4 rings (SSSR count). The monoisotopic (exact) mass is 540 g/mol. The summed E-state index contributed by atoms with van der Waals surface area (Å²) in [4.78, 5) is 12.3. The van der Waals surface area contributed by atoms with Gasteiger partial charge < -0.3 is 15.3 Å². The number of rotatable bonds is 3. The Labute approximate surface area is 205 Å². The van der Waals surface area contributed by atoms with E-state index < -0.39 is 59.8 Å². The van der Waals surface area contributed by atoms with E-state index in [-0.39, 0.29) is 35.8 Å². The molecular formula is C24H21F9N2O2. The number of aryl methyl sites for hydroxylation is 1. The van der Waals surface area contributed by atoms with E-state index in [0.717, 1.165) is 10.5 Å². The molecule has 2 aliphatic rings. The van der Waals surface area contributed by atoms with Crippen molar-refractivity contribution in [3.8, 4) is 0 Å². The maximum atomic E-state index is 14.5. The zero-order valence-electron chi connectivity index (χ0n) is 19.2. The largest absolute Gasteiger partial charge is 0.416 e. The third-order valence-electron chi connectivity index (χ3n) is 7.01. The van der Waals surface area contributed by atoms with E-state index >= 15 is 0 Å². The smallest absolute Gasteiger partial charge is 0.372 e. The molecule has 1 aliphatic heterocycles. The van der Waals surface area contributed by atoms with Crippen molar-refractivity contribution in [3.63, 3.8) is 0 Å². The van der Waals surface area contributed by atoms with Crippen LogP contribution in [-0.2, 0) is 29.0 Å². The van der Waals surface area contributed by atoms with Crippen molar-refractivity contribution in [1.82, 2.24) is 5.32 Å². The van der Waals surface area contributed by atoms with Gasteiger partial charge in [-0.25, -0.2) is 0 Å². The molecule has 4 nitrogen and oxygen atoms in total. The van der Waals surface area contributed by atoms with Gasteiger partial charge in [-0.05, 0) is 66.3 Å². The first-order valence-electron chi connectivity index (χ1n) is 11.2. The number of carbonyl (C=O) groups excluding carboxylic acids is 1. The lowest BCUT2D eigenvalue weighted by Crippen LogP contribution is -2.52. The lowest BCUT2D eigenvalue weighted by Gasteiger charge is -2.38. The number of aliphatic hydroxyl groups excluding tert-OH is 1. The zero-order chi connectivity index (χ0) is 27.6. The van der Waals surface area contributed by atoms with E-state index in [2.05, 4.69) is 5.32 Å². The van der Waals surface area contributed by atoms with E-state index in [1.165, 1.54) is 19.1 Å². The maximum Gasteiger partial charge on any atom is 0.416 e. The van der Waals surface area contributed by atoms with Gasteiger partial charge >= 0.3 is 18.5 Å². The minimum absolute atomic E-state index is 0.0240. The molecule has 1 aliphatic carbocycles. The molecular weight excluding hydrogens is 519 g/mol. The van der Waals surface area contributed by atoms with Crippen molar-refractivity contribution in [1.29, 1.82) is 0 Å². The van der Waals surface area contributed by atoms with E-state index in [1.54, 1.807) is 6.07 Å². The molecule has 1 amide bonds. The Morgan fingerprint density at radius 1 is 0.973 bits per heavy atom. The first-order valence-corrected chi connectivity index (χ1v) is 11.2. The van der Waals surface area contributed by atoms with Gasteiger partial charge in [-0.3, -0.25) is 4.79 Å². The number of fused-ring (bicyclic) bond motifs is 1. The number of nitrogens with zero attached hydrogens (tertiary/aromatic N) is 1. The highest BCUT2D eigenvalue weighted by Gasteiger charge is 2.65. The second-order valence-electron chi connectivity index (χ2n) is 9.26. The second-order valence-corrected chi connectivity index (χ2v) is 9.26. The molecule has 202 valence electrons. The lowest BCUT2D eigenvalue weighted by molar-refractivity contribution is -0.211. The fraction of sp³-hybridized carbons (Fsp3) is 0.458. The average molecular weight is 540 g/mol. The number of nitrogens with one attached hydrogen (secondary N) is 1. The first kappa shape index (κ1) is 27.1. The molecule has 2 aromatic carbocycles. The van der Waals surface area contributed by atoms with Crippen LogP contribution in [0.3, 0.4) is 0 Å². The average Bonchev–Trinajstić information content (AvgIpc) is 3.32. The van der Waals surface area contributed by atoms with Gasteiger partial charge in [0.15, 0.2) is 0 Å². The number of hydrogen-bond acceptors (Lipinski definition) is 3. The summed E-state index contributed by atoms with van der Waals surface area (Å²) in [7, 11) is 0. The minimum Gasteiger partial charge on any atom is -0.372 e. The van der Waals surface area contributed by atoms with Crippen LogP contribution in [0.2, 0.25) is 0 Å². The summed E-state index contributed by atoms with van der Waals surface area (Å²) in [5.74, 6) is -0.272. The van der Waals surface area contributed by atoms with Crippen LogP contribution in [0.15, 0.2) is 36.4 Å². The van der Waals surface area contributed by atoms with Crippen molar-refractivity contribution in [2.45, 2.75) is 62.4 Å². The van der Waals surface area contributed by atoms with E-state index in [0.29, 0.717) is 18.4 Å². The predicted octanol–water partition coefficient (Wildman–Crippen LogP) is 5.88. The van der Waals surface area contributed by atoms with Crippen molar-refractivity contribution in [2.75, 3.05) is 11.4 Å². The summed E-state index contributed by atoms with van der Waals surface area (Å²) in [5, 5.41) is 13.7.